The van der Waals surface area contributed by atoms with Gasteiger partial charge in [-0.05, 0) is 40.9 Å². The molecule has 1 fully saturated rings. The van der Waals surface area contributed by atoms with Crippen LogP contribution in [0.15, 0.2) is 22.8 Å². The molecule has 0 radical (unpaired) electrons. The minimum absolute atomic E-state index is 0.341. The van der Waals surface area contributed by atoms with Crippen molar-refractivity contribution in [2.45, 2.75) is 31.6 Å². The third kappa shape index (κ3) is 2.21. The van der Waals surface area contributed by atoms with E-state index in [4.69, 9.17) is 0 Å². The zero-order valence-corrected chi connectivity index (χ0v) is 9.46. The highest BCUT2D eigenvalue weighted by atomic mass is 79.9. The van der Waals surface area contributed by atoms with Crippen LogP contribution in [0, 0.1) is 0 Å². The van der Waals surface area contributed by atoms with Crippen LogP contribution >= 0.6 is 15.9 Å². The lowest BCUT2D eigenvalue weighted by Gasteiger charge is -2.20. The summed E-state index contributed by atoms with van der Waals surface area (Å²) in [7, 11) is 0. The summed E-state index contributed by atoms with van der Waals surface area (Å²) in [6, 6.07) is 5.90. The second-order valence-corrected chi connectivity index (χ2v) is 4.53. The number of rotatable bonds is 1. The highest BCUT2D eigenvalue weighted by Gasteiger charge is 2.21. The highest BCUT2D eigenvalue weighted by molar-refractivity contribution is 9.10. The molecular weight excluding hydrogens is 242 g/mol. The number of aromatic nitrogens is 1. The van der Waals surface area contributed by atoms with Gasteiger partial charge in [0.1, 0.15) is 10.4 Å². The third-order valence-electron chi connectivity index (χ3n) is 2.64. The molecule has 1 aromatic heterocycles. The van der Waals surface area contributed by atoms with Gasteiger partial charge in [-0.3, -0.25) is 4.79 Å². The molecule has 74 valence electrons. The number of nitrogens with zero attached hydrogens (tertiary/aromatic N) is 1. The molecule has 14 heavy (non-hydrogen) atoms. The molecule has 1 saturated carbocycles. The second kappa shape index (κ2) is 4.22. The molecule has 0 saturated heterocycles. The number of Topliss-reactive ketones (excluding diaryl/α,β-unsaturated/α-hetero) is 1. The summed E-state index contributed by atoms with van der Waals surface area (Å²) < 4.78 is 0.855. The smallest absolute Gasteiger partial charge is 0.133 e. The maximum absolute atomic E-state index is 11.3. The standard InChI is InChI=1S/C11H12BrNO/c12-11-6-2-5-10(13-11)8-3-1-4-9(14)7-8/h2,5-6,8H,1,3-4,7H2. The van der Waals surface area contributed by atoms with Gasteiger partial charge >= 0.3 is 0 Å². The van der Waals surface area contributed by atoms with Crippen LogP contribution in [0.1, 0.15) is 37.3 Å². The largest absolute Gasteiger partial charge is 0.300 e. The summed E-state index contributed by atoms with van der Waals surface area (Å²) in [4.78, 5) is 15.7. The van der Waals surface area contributed by atoms with Gasteiger partial charge in [0, 0.05) is 24.5 Å². The van der Waals surface area contributed by atoms with E-state index in [1.807, 2.05) is 18.2 Å². The Bertz CT molecular complexity index is 351. The van der Waals surface area contributed by atoms with Crippen molar-refractivity contribution in [3.8, 4) is 0 Å². The monoisotopic (exact) mass is 253 g/mol. The van der Waals surface area contributed by atoms with E-state index in [9.17, 15) is 4.79 Å². The van der Waals surface area contributed by atoms with Gasteiger partial charge in [-0.15, -0.1) is 0 Å². The van der Waals surface area contributed by atoms with Crippen LogP contribution in [0.3, 0.4) is 0 Å². The van der Waals surface area contributed by atoms with Crippen LogP contribution in [-0.4, -0.2) is 10.8 Å². The van der Waals surface area contributed by atoms with Crippen molar-refractivity contribution >= 4 is 21.7 Å². The van der Waals surface area contributed by atoms with Crippen molar-refractivity contribution < 1.29 is 4.79 Å². The topological polar surface area (TPSA) is 30.0 Å². The van der Waals surface area contributed by atoms with Crippen LogP contribution in [0.5, 0.6) is 0 Å². The van der Waals surface area contributed by atoms with Crippen molar-refractivity contribution in [2.24, 2.45) is 0 Å². The SMILES string of the molecule is O=C1CCCC(c2cccc(Br)n2)C1. The van der Waals surface area contributed by atoms with Crippen molar-refractivity contribution in [2.75, 3.05) is 0 Å². The Morgan fingerprint density at radius 1 is 1.43 bits per heavy atom. The molecule has 0 spiro atoms. The van der Waals surface area contributed by atoms with Gasteiger partial charge in [0.05, 0.1) is 0 Å². The molecule has 2 nitrogen and oxygen atoms in total. The molecule has 0 bridgehead atoms. The zero-order valence-electron chi connectivity index (χ0n) is 7.87. The van der Waals surface area contributed by atoms with Crippen LogP contribution in [0.25, 0.3) is 0 Å². The van der Waals surface area contributed by atoms with E-state index in [-0.39, 0.29) is 0 Å². The highest BCUT2D eigenvalue weighted by Crippen LogP contribution is 2.30. The van der Waals surface area contributed by atoms with Gasteiger partial charge in [0.25, 0.3) is 0 Å². The minimum atomic E-state index is 0.341. The third-order valence-corrected chi connectivity index (χ3v) is 3.08. The molecule has 1 aromatic rings. The molecule has 1 unspecified atom stereocenters. The van der Waals surface area contributed by atoms with Crippen molar-refractivity contribution in [1.29, 1.82) is 0 Å². The quantitative estimate of drug-likeness (QED) is 0.721. The first-order valence-electron chi connectivity index (χ1n) is 4.90. The van der Waals surface area contributed by atoms with Gasteiger partial charge in [-0.1, -0.05) is 6.07 Å². The molecule has 0 aromatic carbocycles. The molecule has 1 aliphatic rings. The van der Waals surface area contributed by atoms with Gasteiger partial charge in [-0.25, -0.2) is 4.98 Å². The number of ketones is 1. The van der Waals surface area contributed by atoms with E-state index in [0.717, 1.165) is 29.6 Å². The summed E-state index contributed by atoms with van der Waals surface area (Å²) in [6.07, 6.45) is 3.53. The number of carbonyl (C=O) groups is 1. The lowest BCUT2D eigenvalue weighted by atomic mass is 9.86. The normalized spacial score (nSPS) is 22.4. The summed E-state index contributed by atoms with van der Waals surface area (Å²) in [5, 5.41) is 0. The number of hydrogen-bond acceptors (Lipinski definition) is 2. The Hall–Kier alpha value is -0.700. The summed E-state index contributed by atoms with van der Waals surface area (Å²) in [6.45, 7) is 0. The predicted molar refractivity (Wildman–Crippen MR) is 58.2 cm³/mol. The van der Waals surface area contributed by atoms with Crippen molar-refractivity contribution in [1.82, 2.24) is 4.98 Å². The van der Waals surface area contributed by atoms with Gasteiger partial charge < -0.3 is 0 Å². The van der Waals surface area contributed by atoms with E-state index in [1.165, 1.54) is 0 Å². The minimum Gasteiger partial charge on any atom is -0.300 e. The van der Waals surface area contributed by atoms with E-state index in [0.29, 0.717) is 18.1 Å². The fourth-order valence-electron chi connectivity index (χ4n) is 1.93. The van der Waals surface area contributed by atoms with Crippen LogP contribution < -0.4 is 0 Å². The number of carbonyl (C=O) groups excluding carboxylic acids is 1. The number of pyridine rings is 1. The Morgan fingerprint density at radius 3 is 3.00 bits per heavy atom. The van der Waals surface area contributed by atoms with Crippen molar-refractivity contribution in [3.63, 3.8) is 0 Å². The maximum Gasteiger partial charge on any atom is 0.133 e. The first-order chi connectivity index (χ1) is 6.75. The predicted octanol–water partition coefficient (Wildman–Crippen LogP) is 3.07. The Labute approximate surface area is 91.9 Å². The number of hydrogen-bond donors (Lipinski definition) is 0. The summed E-state index contributed by atoms with van der Waals surface area (Å²) in [5.74, 6) is 0.719. The Balaban J connectivity index is 2.17. The molecule has 3 heteroatoms. The first kappa shape index (κ1) is 9.84. The summed E-state index contributed by atoms with van der Waals surface area (Å²) >= 11 is 3.35. The Morgan fingerprint density at radius 2 is 2.29 bits per heavy atom. The number of halogens is 1. The van der Waals surface area contributed by atoms with E-state index < -0.39 is 0 Å². The molecule has 1 aliphatic carbocycles. The molecule has 1 atom stereocenters. The molecule has 1 heterocycles. The lowest BCUT2D eigenvalue weighted by molar-refractivity contribution is -0.120. The average Bonchev–Trinajstić information content (AvgIpc) is 2.18. The molecular formula is C11H12BrNO. The Kier molecular flexibility index (Phi) is 2.96. The molecule has 0 N–H and O–H groups in total. The first-order valence-corrected chi connectivity index (χ1v) is 5.69. The van der Waals surface area contributed by atoms with E-state index >= 15 is 0 Å². The average molecular weight is 254 g/mol. The van der Waals surface area contributed by atoms with Crippen LogP contribution in [-0.2, 0) is 4.79 Å². The van der Waals surface area contributed by atoms with Gasteiger partial charge in [0.2, 0.25) is 0 Å². The fraction of sp³-hybridized carbons (Fsp3) is 0.455. The van der Waals surface area contributed by atoms with Gasteiger partial charge in [-0.2, -0.15) is 0 Å². The van der Waals surface area contributed by atoms with Crippen LogP contribution in [0.2, 0.25) is 0 Å². The maximum atomic E-state index is 11.3. The van der Waals surface area contributed by atoms with Crippen LogP contribution in [0.4, 0.5) is 0 Å². The summed E-state index contributed by atoms with van der Waals surface area (Å²) in [5.41, 5.74) is 1.05. The molecule has 0 aliphatic heterocycles. The van der Waals surface area contributed by atoms with Gasteiger partial charge in [0.15, 0.2) is 0 Å². The zero-order chi connectivity index (χ0) is 9.97. The van der Waals surface area contributed by atoms with Crippen molar-refractivity contribution in [3.05, 3.63) is 28.5 Å². The van der Waals surface area contributed by atoms with E-state index in [1.54, 1.807) is 0 Å². The molecule has 0 amide bonds. The molecule has 2 rings (SSSR count). The van der Waals surface area contributed by atoms with E-state index in [2.05, 4.69) is 20.9 Å². The fourth-order valence-corrected chi connectivity index (χ4v) is 2.29. The second-order valence-electron chi connectivity index (χ2n) is 3.72. The lowest BCUT2D eigenvalue weighted by Crippen LogP contribution is -2.14.